The molecule has 2 aromatic carbocycles. The van der Waals surface area contributed by atoms with E-state index in [9.17, 15) is 4.79 Å². The number of aromatic nitrogens is 2. The van der Waals surface area contributed by atoms with Crippen molar-refractivity contribution in [2.24, 2.45) is 0 Å². The van der Waals surface area contributed by atoms with Gasteiger partial charge in [-0.15, -0.1) is 10.2 Å². The van der Waals surface area contributed by atoms with Crippen molar-refractivity contribution in [3.05, 3.63) is 59.7 Å². The maximum Gasteiger partial charge on any atom is 0.325 e. The Labute approximate surface area is 156 Å². The van der Waals surface area contributed by atoms with E-state index in [1.54, 1.807) is 0 Å². The molecule has 0 fully saturated rings. The number of rotatable bonds is 5. The Kier molecular flexibility index (Phi) is 5.48. The predicted octanol–water partition coefficient (Wildman–Crippen LogP) is 4.96. The molecular weight excluding hydrogens is 346 g/mol. The lowest BCUT2D eigenvalue weighted by Crippen LogP contribution is -2.19. The molecule has 0 spiro atoms. The Morgan fingerprint density at radius 3 is 2.58 bits per heavy atom. The van der Waals surface area contributed by atoms with Crippen molar-refractivity contribution in [3.63, 3.8) is 0 Å². The molecule has 6 nitrogen and oxygen atoms in total. The minimum Gasteiger partial charge on any atom is -0.317 e. The number of hydrogen-bond acceptors (Lipinski definition) is 5. The minimum atomic E-state index is -0.329. The van der Waals surface area contributed by atoms with Crippen molar-refractivity contribution in [3.8, 4) is 0 Å². The zero-order valence-electron chi connectivity index (χ0n) is 15.0. The summed E-state index contributed by atoms with van der Waals surface area (Å²) in [6.07, 6.45) is 0. The predicted molar refractivity (Wildman–Crippen MR) is 108 cm³/mol. The normalized spacial score (nSPS) is 10.4. The summed E-state index contributed by atoms with van der Waals surface area (Å²) in [4.78, 5) is 14.3. The number of hydrogen-bond donors (Lipinski definition) is 2. The highest BCUT2D eigenvalue weighted by molar-refractivity contribution is 7.19. The summed E-state index contributed by atoms with van der Waals surface area (Å²) in [7, 11) is 0. The summed E-state index contributed by atoms with van der Waals surface area (Å²) in [5.41, 5.74) is 3.92. The molecule has 0 unspecified atom stereocenters. The van der Waals surface area contributed by atoms with E-state index in [4.69, 9.17) is 0 Å². The Balaban J connectivity index is 1.70. The van der Waals surface area contributed by atoms with Crippen LogP contribution in [0.2, 0.25) is 0 Å². The fourth-order valence-electron chi connectivity index (χ4n) is 2.53. The number of nitrogens with one attached hydrogen (secondary N) is 2. The molecule has 1 aromatic heterocycles. The summed E-state index contributed by atoms with van der Waals surface area (Å²) < 4.78 is 0. The van der Waals surface area contributed by atoms with Gasteiger partial charge in [0, 0.05) is 17.9 Å². The lowest BCUT2D eigenvalue weighted by atomic mass is 10.1. The molecule has 1 heterocycles. The van der Waals surface area contributed by atoms with E-state index in [2.05, 4.69) is 27.8 Å². The average molecular weight is 367 g/mol. The van der Waals surface area contributed by atoms with Crippen LogP contribution < -0.4 is 15.5 Å². The number of amides is 2. The van der Waals surface area contributed by atoms with E-state index in [1.165, 1.54) is 11.3 Å². The van der Waals surface area contributed by atoms with Crippen LogP contribution in [0.25, 0.3) is 0 Å². The van der Waals surface area contributed by atoms with Crippen LogP contribution in [0, 0.1) is 13.8 Å². The first-order chi connectivity index (χ1) is 12.6. The van der Waals surface area contributed by atoms with Gasteiger partial charge in [-0.05, 0) is 50.1 Å². The van der Waals surface area contributed by atoms with Gasteiger partial charge < -0.3 is 10.2 Å². The summed E-state index contributed by atoms with van der Waals surface area (Å²) in [6, 6.07) is 15.6. The molecule has 0 aliphatic rings. The summed E-state index contributed by atoms with van der Waals surface area (Å²) in [5.74, 6) is 0. The average Bonchev–Trinajstić information content (AvgIpc) is 3.08. The number of urea groups is 1. The number of carbonyl (C=O) groups excluding carboxylic acids is 1. The lowest BCUT2D eigenvalue weighted by molar-refractivity contribution is 0.262. The number of carbonyl (C=O) groups is 1. The van der Waals surface area contributed by atoms with E-state index in [0.29, 0.717) is 5.13 Å². The van der Waals surface area contributed by atoms with Crippen LogP contribution in [-0.4, -0.2) is 22.8 Å². The second kappa shape index (κ2) is 7.97. The standard InChI is InChI=1S/C19H21N5OS/c1-4-24(15-8-6-5-7-9-15)19-23-22-18(26-19)21-17(25)20-16-12-13(2)10-11-14(16)3/h5-12H,4H2,1-3H3,(H2,20,21,22,25). The van der Waals surface area contributed by atoms with Gasteiger partial charge in [-0.25, -0.2) is 4.79 Å². The molecule has 0 bridgehead atoms. The number of nitrogens with zero attached hydrogens (tertiary/aromatic N) is 3. The first kappa shape index (κ1) is 17.9. The SMILES string of the molecule is CCN(c1ccccc1)c1nnc(NC(=O)Nc2cc(C)ccc2C)s1. The highest BCUT2D eigenvalue weighted by atomic mass is 32.1. The summed E-state index contributed by atoms with van der Waals surface area (Å²) >= 11 is 1.34. The van der Waals surface area contributed by atoms with Crippen molar-refractivity contribution < 1.29 is 4.79 Å². The molecule has 0 radical (unpaired) electrons. The third-order valence-electron chi connectivity index (χ3n) is 3.89. The molecule has 2 N–H and O–H groups in total. The van der Waals surface area contributed by atoms with E-state index in [1.807, 2.05) is 67.3 Å². The zero-order valence-corrected chi connectivity index (χ0v) is 15.8. The molecule has 3 aromatic rings. The topological polar surface area (TPSA) is 70.2 Å². The molecule has 2 amide bonds. The van der Waals surface area contributed by atoms with Gasteiger partial charge in [0.1, 0.15) is 0 Å². The van der Waals surface area contributed by atoms with Crippen LogP contribution in [0.3, 0.4) is 0 Å². The molecule has 0 saturated carbocycles. The molecular formula is C19H21N5OS. The van der Waals surface area contributed by atoms with Gasteiger partial charge >= 0.3 is 6.03 Å². The fourth-order valence-corrected chi connectivity index (χ4v) is 3.36. The molecule has 3 rings (SSSR count). The summed E-state index contributed by atoms with van der Waals surface area (Å²) in [6.45, 7) is 6.75. The first-order valence-electron chi connectivity index (χ1n) is 8.38. The maximum absolute atomic E-state index is 12.3. The Morgan fingerprint density at radius 1 is 1.08 bits per heavy atom. The van der Waals surface area contributed by atoms with Gasteiger partial charge in [-0.3, -0.25) is 5.32 Å². The molecule has 134 valence electrons. The number of benzene rings is 2. The maximum atomic E-state index is 12.3. The third kappa shape index (κ3) is 4.18. The molecule has 0 saturated heterocycles. The second-order valence-electron chi connectivity index (χ2n) is 5.87. The highest BCUT2D eigenvalue weighted by Crippen LogP contribution is 2.30. The number of aryl methyl sites for hydroxylation is 2. The van der Waals surface area contributed by atoms with Gasteiger partial charge in [-0.1, -0.05) is 41.7 Å². The number of para-hydroxylation sites is 1. The fraction of sp³-hybridized carbons (Fsp3) is 0.211. The lowest BCUT2D eigenvalue weighted by Gasteiger charge is -2.18. The van der Waals surface area contributed by atoms with Gasteiger partial charge in [0.05, 0.1) is 0 Å². The monoisotopic (exact) mass is 367 g/mol. The van der Waals surface area contributed by atoms with Crippen molar-refractivity contribution >= 4 is 39.0 Å². The Hall–Kier alpha value is -2.93. The van der Waals surface area contributed by atoms with Gasteiger partial charge in [0.25, 0.3) is 0 Å². The Morgan fingerprint density at radius 2 is 1.85 bits per heavy atom. The number of anilines is 4. The molecule has 7 heteroatoms. The van der Waals surface area contributed by atoms with Gasteiger partial charge in [0.15, 0.2) is 0 Å². The molecule has 0 aliphatic heterocycles. The zero-order chi connectivity index (χ0) is 18.5. The van der Waals surface area contributed by atoms with Crippen molar-refractivity contribution in [1.82, 2.24) is 10.2 Å². The largest absolute Gasteiger partial charge is 0.325 e. The minimum absolute atomic E-state index is 0.329. The first-order valence-corrected chi connectivity index (χ1v) is 9.20. The quantitative estimate of drug-likeness (QED) is 0.669. The van der Waals surface area contributed by atoms with Crippen molar-refractivity contribution in [2.75, 3.05) is 22.1 Å². The summed E-state index contributed by atoms with van der Waals surface area (Å²) in [5, 5.41) is 15.1. The second-order valence-corrected chi connectivity index (χ2v) is 6.82. The molecule has 0 atom stereocenters. The van der Waals surface area contributed by atoms with Crippen LogP contribution in [0.15, 0.2) is 48.5 Å². The van der Waals surface area contributed by atoms with E-state index in [0.717, 1.165) is 34.2 Å². The van der Waals surface area contributed by atoms with Crippen LogP contribution >= 0.6 is 11.3 Å². The Bertz CT molecular complexity index is 894. The van der Waals surface area contributed by atoms with Crippen LogP contribution in [0.1, 0.15) is 18.1 Å². The van der Waals surface area contributed by atoms with Crippen molar-refractivity contribution in [2.45, 2.75) is 20.8 Å². The van der Waals surface area contributed by atoms with E-state index >= 15 is 0 Å². The van der Waals surface area contributed by atoms with Gasteiger partial charge in [0.2, 0.25) is 10.3 Å². The molecule has 0 aliphatic carbocycles. The van der Waals surface area contributed by atoms with E-state index < -0.39 is 0 Å². The van der Waals surface area contributed by atoms with Crippen molar-refractivity contribution in [1.29, 1.82) is 0 Å². The highest BCUT2D eigenvalue weighted by Gasteiger charge is 2.14. The molecule has 26 heavy (non-hydrogen) atoms. The smallest absolute Gasteiger partial charge is 0.317 e. The van der Waals surface area contributed by atoms with Crippen LogP contribution in [0.4, 0.5) is 26.4 Å². The third-order valence-corrected chi connectivity index (χ3v) is 4.75. The van der Waals surface area contributed by atoms with Gasteiger partial charge in [-0.2, -0.15) is 0 Å². The van der Waals surface area contributed by atoms with E-state index in [-0.39, 0.29) is 6.03 Å². The van der Waals surface area contributed by atoms with Crippen LogP contribution in [-0.2, 0) is 0 Å². The van der Waals surface area contributed by atoms with Crippen LogP contribution in [0.5, 0.6) is 0 Å².